The van der Waals surface area contributed by atoms with Gasteiger partial charge in [-0.05, 0) is 38.1 Å². The molecular weight excluding hydrogens is 241 g/mol. The molecule has 17 heavy (non-hydrogen) atoms. The Labute approximate surface area is 104 Å². The predicted octanol–water partition coefficient (Wildman–Crippen LogP) is 3.70. The molecule has 0 N–H and O–H groups in total. The molecular formula is C13H11ClFNO. The summed E-state index contributed by atoms with van der Waals surface area (Å²) in [7, 11) is 0. The third kappa shape index (κ3) is 1.98. The molecule has 0 aliphatic rings. The van der Waals surface area contributed by atoms with Crippen LogP contribution in [0, 0.1) is 19.7 Å². The minimum Gasteiger partial charge on any atom is -0.318 e. The van der Waals surface area contributed by atoms with E-state index in [1.165, 1.54) is 6.07 Å². The van der Waals surface area contributed by atoms with Gasteiger partial charge in [0.2, 0.25) is 0 Å². The van der Waals surface area contributed by atoms with Crippen LogP contribution in [0.15, 0.2) is 24.3 Å². The molecule has 0 atom stereocenters. The van der Waals surface area contributed by atoms with Crippen molar-refractivity contribution in [2.24, 2.45) is 0 Å². The molecule has 0 radical (unpaired) electrons. The zero-order valence-electron chi connectivity index (χ0n) is 9.50. The molecule has 2 aromatic rings. The number of aldehydes is 1. The van der Waals surface area contributed by atoms with Crippen molar-refractivity contribution < 1.29 is 9.18 Å². The minimum atomic E-state index is -0.450. The monoisotopic (exact) mass is 251 g/mol. The van der Waals surface area contributed by atoms with E-state index in [9.17, 15) is 9.18 Å². The van der Waals surface area contributed by atoms with Gasteiger partial charge in [-0.1, -0.05) is 11.6 Å². The van der Waals surface area contributed by atoms with Crippen molar-refractivity contribution in [2.75, 3.05) is 0 Å². The lowest BCUT2D eigenvalue weighted by atomic mass is 10.2. The molecule has 0 saturated heterocycles. The van der Waals surface area contributed by atoms with Crippen molar-refractivity contribution in [3.8, 4) is 5.69 Å². The number of halogens is 2. The molecule has 1 aromatic heterocycles. The van der Waals surface area contributed by atoms with Crippen LogP contribution in [0.1, 0.15) is 21.7 Å². The van der Waals surface area contributed by atoms with Crippen molar-refractivity contribution >= 4 is 17.9 Å². The average molecular weight is 252 g/mol. The minimum absolute atomic E-state index is 0.0719. The highest BCUT2D eigenvalue weighted by Crippen LogP contribution is 2.23. The highest BCUT2D eigenvalue weighted by atomic mass is 35.5. The van der Waals surface area contributed by atoms with E-state index in [2.05, 4.69) is 0 Å². The Kier molecular flexibility index (Phi) is 3.03. The molecule has 1 heterocycles. The molecule has 0 spiro atoms. The van der Waals surface area contributed by atoms with E-state index in [0.717, 1.165) is 23.4 Å². The lowest BCUT2D eigenvalue weighted by Gasteiger charge is -2.10. The molecule has 0 aliphatic carbocycles. The molecule has 0 bridgehead atoms. The first kappa shape index (κ1) is 11.9. The van der Waals surface area contributed by atoms with Crippen LogP contribution in [0.3, 0.4) is 0 Å². The van der Waals surface area contributed by atoms with Crippen molar-refractivity contribution in [1.29, 1.82) is 0 Å². The second-order valence-electron chi connectivity index (χ2n) is 3.88. The number of rotatable bonds is 2. The third-order valence-corrected chi connectivity index (χ3v) is 3.05. The summed E-state index contributed by atoms with van der Waals surface area (Å²) in [5, 5.41) is 0.0719. The number of aryl methyl sites for hydroxylation is 1. The summed E-state index contributed by atoms with van der Waals surface area (Å²) in [6, 6.07) is 6.29. The van der Waals surface area contributed by atoms with Gasteiger partial charge in [-0.3, -0.25) is 4.79 Å². The quantitative estimate of drug-likeness (QED) is 0.746. The first-order valence-corrected chi connectivity index (χ1v) is 5.52. The Balaban J connectivity index is 2.63. The molecule has 0 fully saturated rings. The zero-order chi connectivity index (χ0) is 12.6. The third-order valence-electron chi connectivity index (χ3n) is 2.76. The molecule has 0 unspecified atom stereocenters. The van der Waals surface area contributed by atoms with Gasteiger partial charge in [-0.2, -0.15) is 0 Å². The number of carbonyl (C=O) groups is 1. The van der Waals surface area contributed by atoms with Gasteiger partial charge >= 0.3 is 0 Å². The van der Waals surface area contributed by atoms with Gasteiger partial charge in [-0.25, -0.2) is 4.39 Å². The van der Waals surface area contributed by atoms with E-state index in [4.69, 9.17) is 11.6 Å². The number of carbonyl (C=O) groups excluding carboxylic acids is 1. The van der Waals surface area contributed by atoms with Gasteiger partial charge in [-0.15, -0.1) is 0 Å². The van der Waals surface area contributed by atoms with E-state index < -0.39 is 5.82 Å². The maximum Gasteiger partial charge on any atom is 0.151 e. The number of aromatic nitrogens is 1. The molecule has 2 nitrogen and oxygen atoms in total. The van der Waals surface area contributed by atoms with Crippen LogP contribution in [0.25, 0.3) is 5.69 Å². The van der Waals surface area contributed by atoms with Crippen LogP contribution in [0.2, 0.25) is 5.02 Å². The molecule has 4 heteroatoms. The van der Waals surface area contributed by atoms with Crippen molar-refractivity contribution in [3.63, 3.8) is 0 Å². The molecule has 1 aromatic carbocycles. The SMILES string of the molecule is Cc1cc(C=O)c(C)n1-c1ccc(F)c(Cl)c1. The molecule has 0 aliphatic heterocycles. The number of nitrogens with zero attached hydrogens (tertiary/aromatic N) is 1. The van der Waals surface area contributed by atoms with E-state index in [1.54, 1.807) is 18.2 Å². The zero-order valence-corrected chi connectivity index (χ0v) is 10.3. The average Bonchev–Trinajstić information content (AvgIpc) is 2.58. The summed E-state index contributed by atoms with van der Waals surface area (Å²) < 4.78 is 15.0. The van der Waals surface area contributed by atoms with Gasteiger partial charge in [0.15, 0.2) is 6.29 Å². The van der Waals surface area contributed by atoms with Crippen molar-refractivity contribution in [1.82, 2.24) is 4.57 Å². The number of benzene rings is 1. The van der Waals surface area contributed by atoms with E-state index in [1.807, 2.05) is 18.4 Å². The summed E-state index contributed by atoms with van der Waals surface area (Å²) in [5.74, 6) is -0.450. The first-order chi connectivity index (χ1) is 8.04. The lowest BCUT2D eigenvalue weighted by molar-refractivity contribution is 0.112. The van der Waals surface area contributed by atoms with Gasteiger partial charge < -0.3 is 4.57 Å². The summed E-state index contributed by atoms with van der Waals surface area (Å²) in [5.41, 5.74) is 3.11. The van der Waals surface area contributed by atoms with Gasteiger partial charge in [0.05, 0.1) is 5.02 Å². The van der Waals surface area contributed by atoms with Crippen LogP contribution in [0.4, 0.5) is 4.39 Å². The Morgan fingerprint density at radius 3 is 2.53 bits per heavy atom. The Bertz CT molecular complexity index is 589. The second-order valence-corrected chi connectivity index (χ2v) is 4.29. The lowest BCUT2D eigenvalue weighted by Crippen LogP contribution is -1.99. The van der Waals surface area contributed by atoms with E-state index >= 15 is 0 Å². The van der Waals surface area contributed by atoms with Crippen LogP contribution in [0.5, 0.6) is 0 Å². The summed E-state index contributed by atoms with van der Waals surface area (Å²) in [6.07, 6.45) is 0.809. The first-order valence-electron chi connectivity index (χ1n) is 5.14. The van der Waals surface area contributed by atoms with E-state index in [-0.39, 0.29) is 5.02 Å². The Morgan fingerprint density at radius 1 is 1.29 bits per heavy atom. The predicted molar refractivity (Wildman–Crippen MR) is 65.6 cm³/mol. The fourth-order valence-corrected chi connectivity index (χ4v) is 2.10. The van der Waals surface area contributed by atoms with Crippen LogP contribution < -0.4 is 0 Å². The summed E-state index contributed by atoms with van der Waals surface area (Å²) in [6.45, 7) is 3.73. The highest BCUT2D eigenvalue weighted by Gasteiger charge is 2.11. The van der Waals surface area contributed by atoms with Crippen LogP contribution in [-0.2, 0) is 0 Å². The fraction of sp³-hybridized carbons (Fsp3) is 0.154. The maximum atomic E-state index is 13.1. The molecule has 0 saturated carbocycles. The number of hydrogen-bond donors (Lipinski definition) is 0. The topological polar surface area (TPSA) is 22.0 Å². The second kappa shape index (κ2) is 4.34. The van der Waals surface area contributed by atoms with Gasteiger partial charge in [0.1, 0.15) is 5.82 Å². The fourth-order valence-electron chi connectivity index (χ4n) is 1.93. The highest BCUT2D eigenvalue weighted by molar-refractivity contribution is 6.30. The molecule has 2 rings (SSSR count). The van der Waals surface area contributed by atoms with Gasteiger partial charge in [0.25, 0.3) is 0 Å². The summed E-state index contributed by atoms with van der Waals surface area (Å²) in [4.78, 5) is 10.8. The molecule has 88 valence electrons. The van der Waals surface area contributed by atoms with Crippen molar-refractivity contribution in [2.45, 2.75) is 13.8 Å². The maximum absolute atomic E-state index is 13.1. The smallest absolute Gasteiger partial charge is 0.151 e. The van der Waals surface area contributed by atoms with Gasteiger partial charge in [0, 0.05) is 22.6 Å². The summed E-state index contributed by atoms with van der Waals surface area (Å²) >= 11 is 5.75. The van der Waals surface area contributed by atoms with Crippen LogP contribution in [-0.4, -0.2) is 10.9 Å². The van der Waals surface area contributed by atoms with Crippen molar-refractivity contribution in [3.05, 3.63) is 52.1 Å². The Hall–Kier alpha value is -1.61. The molecule has 0 amide bonds. The number of hydrogen-bond acceptors (Lipinski definition) is 1. The van der Waals surface area contributed by atoms with E-state index in [0.29, 0.717) is 5.56 Å². The largest absolute Gasteiger partial charge is 0.318 e. The van der Waals surface area contributed by atoms with Crippen LogP contribution >= 0.6 is 11.6 Å². The normalized spacial score (nSPS) is 10.6. The standard InChI is InChI=1S/C13H11ClFNO/c1-8-5-10(7-17)9(2)16(8)11-3-4-13(15)12(14)6-11/h3-7H,1-2H3. The Morgan fingerprint density at radius 2 is 2.00 bits per heavy atom.